The molecule has 0 radical (unpaired) electrons. The maximum absolute atomic E-state index is 11.7. The minimum absolute atomic E-state index is 0.0119. The van der Waals surface area contributed by atoms with E-state index < -0.39 is 0 Å². The van der Waals surface area contributed by atoms with Crippen molar-refractivity contribution < 1.29 is 9.59 Å². The van der Waals surface area contributed by atoms with Crippen LogP contribution in [0, 0.1) is 6.92 Å². The number of nitrogens with zero attached hydrogens (tertiary/aromatic N) is 2. The van der Waals surface area contributed by atoms with E-state index in [0.717, 1.165) is 17.0 Å². The fourth-order valence-corrected chi connectivity index (χ4v) is 2.43. The van der Waals surface area contributed by atoms with Gasteiger partial charge in [0.2, 0.25) is 5.91 Å². The third-order valence-corrected chi connectivity index (χ3v) is 3.53. The summed E-state index contributed by atoms with van der Waals surface area (Å²) < 4.78 is 0. The lowest BCUT2D eigenvalue weighted by Crippen LogP contribution is -2.36. The zero-order valence-corrected chi connectivity index (χ0v) is 11.0. The molecule has 1 saturated heterocycles. The maximum atomic E-state index is 11.7. The second-order valence-corrected chi connectivity index (χ2v) is 5.17. The van der Waals surface area contributed by atoms with Gasteiger partial charge in [0, 0.05) is 30.7 Å². The van der Waals surface area contributed by atoms with Gasteiger partial charge in [-0.25, -0.2) is 0 Å². The average Bonchev–Trinajstić information content (AvgIpc) is 2.74. The van der Waals surface area contributed by atoms with E-state index >= 15 is 0 Å². The number of carbonyl (C=O) groups excluding carboxylic acids is 2. The van der Waals surface area contributed by atoms with Crippen LogP contribution in [0.25, 0.3) is 0 Å². The highest BCUT2D eigenvalue weighted by molar-refractivity contribution is 8.13. The summed E-state index contributed by atoms with van der Waals surface area (Å²) in [6, 6.07) is 3.83. The second kappa shape index (κ2) is 5.86. The highest BCUT2D eigenvalue weighted by Gasteiger charge is 2.22. The van der Waals surface area contributed by atoms with Gasteiger partial charge < -0.3 is 10.2 Å². The van der Waals surface area contributed by atoms with Crippen molar-refractivity contribution in [1.29, 1.82) is 0 Å². The largest absolute Gasteiger partial charge is 0.350 e. The summed E-state index contributed by atoms with van der Waals surface area (Å²) in [6.45, 7) is 3.16. The van der Waals surface area contributed by atoms with Crippen LogP contribution in [-0.4, -0.2) is 39.9 Å². The minimum Gasteiger partial charge on any atom is -0.350 e. The van der Waals surface area contributed by atoms with Crippen LogP contribution in [0.3, 0.4) is 0 Å². The Morgan fingerprint density at radius 1 is 1.56 bits per heavy atom. The molecular formula is C12H15N3O2S. The molecule has 2 amide bonds. The number of amides is 2. The number of carbonyl (C=O) groups is 2. The maximum Gasteiger partial charge on any atom is 0.282 e. The standard InChI is InChI=1S/C12H15N3O2S/c1-9-2-3-10(6-13-9)7-14-11(16)8-15-4-5-18-12(15)17/h2-3,6H,4-5,7-8H2,1H3,(H,14,16). The van der Waals surface area contributed by atoms with Crippen LogP contribution in [0.2, 0.25) is 0 Å². The molecule has 0 saturated carbocycles. The number of nitrogens with one attached hydrogen (secondary N) is 1. The third-order valence-electron chi connectivity index (χ3n) is 2.64. The third kappa shape index (κ3) is 3.46. The molecule has 1 aliphatic rings. The molecule has 1 N–H and O–H groups in total. The van der Waals surface area contributed by atoms with Gasteiger partial charge in [-0.1, -0.05) is 17.8 Å². The Hall–Kier alpha value is -1.56. The van der Waals surface area contributed by atoms with Crippen LogP contribution in [0.5, 0.6) is 0 Å². The Kier molecular flexibility index (Phi) is 4.19. The summed E-state index contributed by atoms with van der Waals surface area (Å²) in [5, 5.41) is 2.77. The van der Waals surface area contributed by atoms with E-state index in [1.54, 1.807) is 11.1 Å². The molecule has 0 atom stereocenters. The number of pyridine rings is 1. The van der Waals surface area contributed by atoms with Crippen LogP contribution < -0.4 is 5.32 Å². The topological polar surface area (TPSA) is 62.3 Å². The first kappa shape index (κ1) is 12.9. The van der Waals surface area contributed by atoms with Crippen molar-refractivity contribution in [3.05, 3.63) is 29.6 Å². The van der Waals surface area contributed by atoms with Crippen molar-refractivity contribution in [1.82, 2.24) is 15.2 Å². The van der Waals surface area contributed by atoms with E-state index in [2.05, 4.69) is 10.3 Å². The second-order valence-electron chi connectivity index (χ2n) is 4.12. The zero-order chi connectivity index (χ0) is 13.0. The van der Waals surface area contributed by atoms with Crippen molar-refractivity contribution in [3.63, 3.8) is 0 Å². The van der Waals surface area contributed by atoms with Crippen LogP contribution in [0.4, 0.5) is 4.79 Å². The summed E-state index contributed by atoms with van der Waals surface area (Å²) in [5.41, 5.74) is 1.90. The molecule has 2 rings (SSSR count). The molecular weight excluding hydrogens is 250 g/mol. The Balaban J connectivity index is 1.78. The molecule has 0 bridgehead atoms. The first-order valence-electron chi connectivity index (χ1n) is 5.75. The lowest BCUT2D eigenvalue weighted by molar-refractivity contribution is -0.121. The highest BCUT2D eigenvalue weighted by Crippen LogP contribution is 2.16. The Labute approximate surface area is 110 Å². The van der Waals surface area contributed by atoms with E-state index in [-0.39, 0.29) is 17.7 Å². The van der Waals surface area contributed by atoms with Crippen molar-refractivity contribution in [2.24, 2.45) is 0 Å². The van der Waals surface area contributed by atoms with E-state index in [4.69, 9.17) is 0 Å². The first-order chi connectivity index (χ1) is 8.65. The number of rotatable bonds is 4. The summed E-state index contributed by atoms with van der Waals surface area (Å²) >= 11 is 1.26. The predicted octanol–water partition coefficient (Wildman–Crippen LogP) is 1.18. The van der Waals surface area contributed by atoms with Gasteiger partial charge in [0.25, 0.3) is 5.24 Å². The quantitative estimate of drug-likeness (QED) is 0.888. The van der Waals surface area contributed by atoms with Gasteiger partial charge >= 0.3 is 0 Å². The number of aromatic nitrogens is 1. The molecule has 0 spiro atoms. The molecule has 1 aromatic rings. The summed E-state index contributed by atoms with van der Waals surface area (Å²) in [6.07, 6.45) is 1.74. The normalized spacial score (nSPS) is 14.9. The van der Waals surface area contributed by atoms with Crippen molar-refractivity contribution >= 4 is 22.9 Å². The lowest BCUT2D eigenvalue weighted by atomic mass is 10.2. The molecule has 18 heavy (non-hydrogen) atoms. The van der Waals surface area contributed by atoms with E-state index in [1.165, 1.54) is 11.8 Å². The average molecular weight is 265 g/mol. The molecule has 96 valence electrons. The smallest absolute Gasteiger partial charge is 0.282 e. The number of hydrogen-bond acceptors (Lipinski definition) is 4. The first-order valence-corrected chi connectivity index (χ1v) is 6.73. The van der Waals surface area contributed by atoms with Gasteiger partial charge in [-0.2, -0.15) is 0 Å². The molecule has 2 heterocycles. The molecule has 1 aliphatic heterocycles. The Morgan fingerprint density at radius 2 is 2.39 bits per heavy atom. The summed E-state index contributed by atoms with van der Waals surface area (Å²) in [4.78, 5) is 28.7. The molecule has 0 aromatic carbocycles. The Morgan fingerprint density at radius 3 is 3.00 bits per heavy atom. The summed E-state index contributed by atoms with van der Waals surface area (Å²) in [7, 11) is 0. The van der Waals surface area contributed by atoms with Crippen molar-refractivity contribution in [3.8, 4) is 0 Å². The van der Waals surface area contributed by atoms with Crippen LogP contribution >= 0.6 is 11.8 Å². The molecule has 0 aliphatic carbocycles. The Bertz CT molecular complexity index is 447. The van der Waals surface area contributed by atoms with E-state index in [0.29, 0.717) is 13.1 Å². The zero-order valence-electron chi connectivity index (χ0n) is 10.2. The molecule has 0 unspecified atom stereocenters. The van der Waals surface area contributed by atoms with Crippen LogP contribution in [-0.2, 0) is 11.3 Å². The minimum atomic E-state index is -0.133. The highest BCUT2D eigenvalue weighted by atomic mass is 32.2. The number of hydrogen-bond donors (Lipinski definition) is 1. The van der Waals surface area contributed by atoms with Crippen molar-refractivity contribution in [2.45, 2.75) is 13.5 Å². The van der Waals surface area contributed by atoms with Crippen LogP contribution in [0.15, 0.2) is 18.3 Å². The molecule has 1 fully saturated rings. The number of aryl methyl sites for hydroxylation is 1. The molecule has 6 heteroatoms. The van der Waals surface area contributed by atoms with Gasteiger partial charge in [0.1, 0.15) is 6.54 Å². The predicted molar refractivity (Wildman–Crippen MR) is 70.2 cm³/mol. The molecule has 5 nitrogen and oxygen atoms in total. The van der Waals surface area contributed by atoms with Gasteiger partial charge in [-0.3, -0.25) is 14.6 Å². The van der Waals surface area contributed by atoms with Gasteiger partial charge in [0.05, 0.1) is 0 Å². The fourth-order valence-electron chi connectivity index (χ4n) is 1.60. The molecule has 1 aromatic heterocycles. The van der Waals surface area contributed by atoms with Crippen LogP contribution in [0.1, 0.15) is 11.3 Å². The SMILES string of the molecule is Cc1ccc(CNC(=O)CN2CCSC2=O)cn1. The van der Waals surface area contributed by atoms with E-state index in [1.807, 2.05) is 19.1 Å². The fraction of sp³-hybridized carbons (Fsp3) is 0.417. The van der Waals surface area contributed by atoms with Gasteiger partial charge in [-0.05, 0) is 18.6 Å². The van der Waals surface area contributed by atoms with Crippen molar-refractivity contribution in [2.75, 3.05) is 18.8 Å². The van der Waals surface area contributed by atoms with E-state index in [9.17, 15) is 9.59 Å². The summed E-state index contributed by atoms with van der Waals surface area (Å²) in [5.74, 6) is 0.639. The van der Waals surface area contributed by atoms with Gasteiger partial charge in [-0.15, -0.1) is 0 Å². The number of thioether (sulfide) groups is 1. The monoisotopic (exact) mass is 265 g/mol. The van der Waals surface area contributed by atoms with Gasteiger partial charge in [0.15, 0.2) is 0 Å². The lowest BCUT2D eigenvalue weighted by Gasteiger charge is -2.13.